The van der Waals surface area contributed by atoms with Crippen molar-refractivity contribution < 1.29 is 0 Å². The van der Waals surface area contributed by atoms with Crippen LogP contribution < -0.4 is 11.4 Å². The van der Waals surface area contributed by atoms with Crippen LogP contribution in [0.15, 0.2) is 41.5 Å². The standard InChI is InChI=1S/C12H15N3O/c1-9(2)14-7-8-15(12(14)16)11-6-4-3-5-10(11)13/h3-9H,13H2,1-2H3. The fraction of sp³-hybridized carbons (Fsp3) is 0.250. The number of aromatic nitrogens is 2. The normalized spacial score (nSPS) is 10.9. The first-order chi connectivity index (χ1) is 7.61. The maximum absolute atomic E-state index is 12.0. The molecule has 4 nitrogen and oxygen atoms in total. The van der Waals surface area contributed by atoms with E-state index in [1.807, 2.05) is 32.0 Å². The summed E-state index contributed by atoms with van der Waals surface area (Å²) in [6, 6.07) is 7.49. The van der Waals surface area contributed by atoms with Crippen molar-refractivity contribution >= 4 is 5.69 Å². The van der Waals surface area contributed by atoms with Gasteiger partial charge in [-0.3, -0.25) is 9.13 Å². The van der Waals surface area contributed by atoms with Crippen molar-refractivity contribution in [2.24, 2.45) is 0 Å². The van der Waals surface area contributed by atoms with Crippen molar-refractivity contribution in [3.05, 3.63) is 47.1 Å². The molecule has 0 saturated carbocycles. The maximum Gasteiger partial charge on any atom is 0.333 e. The van der Waals surface area contributed by atoms with Crippen LogP contribution in [0.2, 0.25) is 0 Å². The second-order valence-electron chi connectivity index (χ2n) is 4.01. The lowest BCUT2D eigenvalue weighted by Crippen LogP contribution is -2.24. The molecule has 0 unspecified atom stereocenters. The van der Waals surface area contributed by atoms with E-state index >= 15 is 0 Å². The summed E-state index contributed by atoms with van der Waals surface area (Å²) < 4.78 is 3.24. The van der Waals surface area contributed by atoms with Crippen LogP contribution in [0.4, 0.5) is 5.69 Å². The zero-order chi connectivity index (χ0) is 11.7. The minimum absolute atomic E-state index is 0.0621. The van der Waals surface area contributed by atoms with Crippen LogP contribution >= 0.6 is 0 Å². The molecule has 2 N–H and O–H groups in total. The Kier molecular flexibility index (Phi) is 2.56. The van der Waals surface area contributed by atoms with Gasteiger partial charge in [-0.1, -0.05) is 12.1 Å². The van der Waals surface area contributed by atoms with Gasteiger partial charge < -0.3 is 5.73 Å². The highest BCUT2D eigenvalue weighted by atomic mass is 16.1. The van der Waals surface area contributed by atoms with Gasteiger partial charge >= 0.3 is 5.69 Å². The van der Waals surface area contributed by atoms with Gasteiger partial charge in [0.1, 0.15) is 0 Å². The van der Waals surface area contributed by atoms with E-state index in [4.69, 9.17) is 5.73 Å². The summed E-state index contributed by atoms with van der Waals surface area (Å²) in [5.41, 5.74) is 7.11. The van der Waals surface area contributed by atoms with Crippen LogP contribution in [0.1, 0.15) is 19.9 Å². The molecule has 2 rings (SSSR count). The van der Waals surface area contributed by atoms with Crippen molar-refractivity contribution in [1.82, 2.24) is 9.13 Å². The summed E-state index contributed by atoms with van der Waals surface area (Å²) >= 11 is 0. The molecule has 1 aromatic carbocycles. The Bertz CT molecular complexity index is 551. The van der Waals surface area contributed by atoms with Crippen LogP contribution in [0.3, 0.4) is 0 Å². The quantitative estimate of drug-likeness (QED) is 0.780. The number of nitrogens with two attached hydrogens (primary N) is 1. The molecule has 16 heavy (non-hydrogen) atoms. The zero-order valence-corrected chi connectivity index (χ0v) is 9.42. The Morgan fingerprint density at radius 2 is 1.88 bits per heavy atom. The van der Waals surface area contributed by atoms with Gasteiger partial charge in [-0.2, -0.15) is 0 Å². The second-order valence-corrected chi connectivity index (χ2v) is 4.01. The van der Waals surface area contributed by atoms with Crippen LogP contribution in [-0.4, -0.2) is 9.13 Å². The number of anilines is 1. The van der Waals surface area contributed by atoms with E-state index in [0.29, 0.717) is 5.69 Å². The molecule has 0 aliphatic heterocycles. The first-order valence-corrected chi connectivity index (χ1v) is 5.25. The Morgan fingerprint density at radius 1 is 1.19 bits per heavy atom. The molecule has 0 aliphatic carbocycles. The van der Waals surface area contributed by atoms with Crippen molar-refractivity contribution in [2.75, 3.05) is 5.73 Å². The summed E-state index contributed by atoms with van der Waals surface area (Å²) in [6.45, 7) is 3.94. The van der Waals surface area contributed by atoms with E-state index in [0.717, 1.165) is 5.69 Å². The number of nitrogen functional groups attached to an aromatic ring is 1. The predicted octanol–water partition coefficient (Wildman–Crippen LogP) is 1.80. The van der Waals surface area contributed by atoms with Crippen LogP contribution in [-0.2, 0) is 0 Å². The highest BCUT2D eigenvalue weighted by Crippen LogP contribution is 2.14. The van der Waals surface area contributed by atoms with Gasteiger partial charge in [0.25, 0.3) is 0 Å². The highest BCUT2D eigenvalue weighted by Gasteiger charge is 2.08. The Balaban J connectivity index is 2.59. The van der Waals surface area contributed by atoms with E-state index in [-0.39, 0.29) is 11.7 Å². The fourth-order valence-corrected chi connectivity index (χ4v) is 1.67. The van der Waals surface area contributed by atoms with Crippen molar-refractivity contribution in [1.29, 1.82) is 0 Å². The Morgan fingerprint density at radius 3 is 2.44 bits per heavy atom. The molecule has 0 radical (unpaired) electrons. The van der Waals surface area contributed by atoms with Gasteiger partial charge in [0.15, 0.2) is 0 Å². The van der Waals surface area contributed by atoms with Crippen molar-refractivity contribution in [3.63, 3.8) is 0 Å². The largest absolute Gasteiger partial charge is 0.397 e. The van der Waals surface area contributed by atoms with Gasteiger partial charge in [-0.05, 0) is 26.0 Å². The fourth-order valence-electron chi connectivity index (χ4n) is 1.67. The number of hydrogen-bond donors (Lipinski definition) is 1. The molecule has 0 saturated heterocycles. The smallest absolute Gasteiger partial charge is 0.333 e. The molecule has 4 heteroatoms. The number of nitrogens with zero attached hydrogens (tertiary/aromatic N) is 2. The van der Waals surface area contributed by atoms with E-state index in [1.54, 1.807) is 27.6 Å². The number of hydrogen-bond acceptors (Lipinski definition) is 2. The van der Waals surface area contributed by atoms with E-state index in [9.17, 15) is 4.79 Å². The molecule has 0 spiro atoms. The minimum atomic E-state index is -0.0621. The van der Waals surface area contributed by atoms with Crippen LogP contribution in [0.25, 0.3) is 5.69 Å². The van der Waals surface area contributed by atoms with Gasteiger partial charge in [-0.15, -0.1) is 0 Å². The molecule has 0 bridgehead atoms. The van der Waals surface area contributed by atoms with Gasteiger partial charge in [0.05, 0.1) is 11.4 Å². The number of imidazole rings is 1. The molecular formula is C12H15N3O. The lowest BCUT2D eigenvalue weighted by molar-refractivity contribution is 0.574. The third kappa shape index (κ3) is 1.62. The third-order valence-electron chi connectivity index (χ3n) is 2.56. The molecule has 1 heterocycles. The molecule has 0 atom stereocenters. The lowest BCUT2D eigenvalue weighted by Gasteiger charge is -2.06. The molecule has 84 valence electrons. The Labute approximate surface area is 93.9 Å². The molecule has 0 fully saturated rings. The molecular weight excluding hydrogens is 202 g/mol. The third-order valence-corrected chi connectivity index (χ3v) is 2.56. The Hall–Kier alpha value is -1.97. The maximum atomic E-state index is 12.0. The van der Waals surface area contributed by atoms with Crippen molar-refractivity contribution in [2.45, 2.75) is 19.9 Å². The number of para-hydroxylation sites is 2. The number of rotatable bonds is 2. The summed E-state index contributed by atoms with van der Waals surface area (Å²) in [6.07, 6.45) is 3.52. The summed E-state index contributed by atoms with van der Waals surface area (Å²) in [5, 5.41) is 0. The number of benzene rings is 1. The second kappa shape index (κ2) is 3.89. The highest BCUT2D eigenvalue weighted by molar-refractivity contribution is 5.57. The SMILES string of the molecule is CC(C)n1ccn(-c2ccccc2N)c1=O. The summed E-state index contributed by atoms with van der Waals surface area (Å²) in [4.78, 5) is 12.0. The molecule has 0 aliphatic rings. The van der Waals surface area contributed by atoms with E-state index in [2.05, 4.69) is 0 Å². The van der Waals surface area contributed by atoms with Gasteiger partial charge in [-0.25, -0.2) is 4.79 Å². The van der Waals surface area contributed by atoms with Crippen LogP contribution in [0, 0.1) is 0 Å². The molecule has 1 aromatic heterocycles. The van der Waals surface area contributed by atoms with Crippen molar-refractivity contribution in [3.8, 4) is 5.69 Å². The average molecular weight is 217 g/mol. The first kappa shape index (κ1) is 10.5. The topological polar surface area (TPSA) is 52.9 Å². The predicted molar refractivity (Wildman–Crippen MR) is 64.8 cm³/mol. The summed E-state index contributed by atoms with van der Waals surface area (Å²) in [7, 11) is 0. The molecule has 0 amide bonds. The first-order valence-electron chi connectivity index (χ1n) is 5.25. The van der Waals surface area contributed by atoms with E-state index < -0.39 is 0 Å². The minimum Gasteiger partial charge on any atom is -0.397 e. The lowest BCUT2D eigenvalue weighted by atomic mass is 10.3. The zero-order valence-electron chi connectivity index (χ0n) is 9.42. The average Bonchev–Trinajstić information content (AvgIpc) is 2.61. The van der Waals surface area contributed by atoms with Crippen LogP contribution in [0.5, 0.6) is 0 Å². The molecule has 2 aromatic rings. The van der Waals surface area contributed by atoms with E-state index in [1.165, 1.54) is 0 Å². The monoisotopic (exact) mass is 217 g/mol. The van der Waals surface area contributed by atoms with Gasteiger partial charge in [0.2, 0.25) is 0 Å². The van der Waals surface area contributed by atoms with Gasteiger partial charge in [0, 0.05) is 18.4 Å². The summed E-state index contributed by atoms with van der Waals surface area (Å²) in [5.74, 6) is 0.